The van der Waals surface area contributed by atoms with Crippen LogP contribution in [0.1, 0.15) is 89.2 Å². The maximum Gasteiger partial charge on any atom is 0.408 e. The van der Waals surface area contributed by atoms with Crippen molar-refractivity contribution >= 4 is 35.3 Å². The molecule has 2 amide bonds. The Balaban J connectivity index is 1.12. The van der Waals surface area contributed by atoms with Crippen LogP contribution in [0, 0.1) is 28.6 Å². The molecule has 4 aliphatic carbocycles. The molecule has 0 saturated heterocycles. The van der Waals surface area contributed by atoms with Crippen molar-refractivity contribution in [3.8, 4) is 0 Å². The normalized spacial score (nSPS) is 29.1. The molecular weight excluding hydrogens is 714 g/mol. The number of aliphatic hydroxyl groups is 1. The molecule has 0 radical (unpaired) electrons. The Kier molecular flexibility index (Phi) is 12.6. The SMILES string of the molecule is C[C@]12CCC(=O)CC1=CCC1C2C(=O)C[C@@]2(C)C1CC[C@]2(O)C(=O)COC(=O)[C@H](CCCCN)NC(=O)C(Cc1ccccc1)NC(=O)OCc1ccccc1. The molecule has 3 saturated carbocycles. The minimum atomic E-state index is -1.89. The zero-order chi connectivity index (χ0) is 40.1. The van der Waals surface area contributed by atoms with Gasteiger partial charge in [0, 0.05) is 37.0 Å². The Labute approximate surface area is 328 Å². The van der Waals surface area contributed by atoms with Gasteiger partial charge in [-0.3, -0.25) is 19.2 Å². The first kappa shape index (κ1) is 41.0. The highest BCUT2D eigenvalue weighted by Gasteiger charge is 2.68. The van der Waals surface area contributed by atoms with Crippen molar-refractivity contribution in [3.05, 3.63) is 83.4 Å². The van der Waals surface area contributed by atoms with E-state index in [2.05, 4.69) is 23.6 Å². The summed E-state index contributed by atoms with van der Waals surface area (Å²) in [5.41, 5.74) is 4.94. The summed E-state index contributed by atoms with van der Waals surface area (Å²) < 4.78 is 10.9. The zero-order valence-electron chi connectivity index (χ0n) is 32.4. The molecule has 3 fully saturated rings. The summed E-state index contributed by atoms with van der Waals surface area (Å²) in [7, 11) is 0. The van der Waals surface area contributed by atoms with Crippen LogP contribution >= 0.6 is 0 Å². The molecule has 300 valence electrons. The summed E-state index contributed by atoms with van der Waals surface area (Å²) in [5, 5.41) is 17.5. The fraction of sp³-hybridized carbons (Fsp3) is 0.545. The van der Waals surface area contributed by atoms with E-state index in [1.54, 1.807) is 0 Å². The number of esters is 1. The molecule has 6 rings (SSSR count). The van der Waals surface area contributed by atoms with Gasteiger partial charge in [0.05, 0.1) is 0 Å². The molecule has 12 nitrogen and oxygen atoms in total. The smallest absolute Gasteiger partial charge is 0.408 e. The number of carbonyl (C=O) groups excluding carboxylic acids is 6. The molecule has 0 heterocycles. The first-order valence-corrected chi connectivity index (χ1v) is 20.0. The van der Waals surface area contributed by atoms with E-state index in [0.717, 1.165) is 16.7 Å². The first-order valence-electron chi connectivity index (χ1n) is 20.0. The summed E-state index contributed by atoms with van der Waals surface area (Å²) in [6, 6.07) is 15.9. The number of carbonyl (C=O) groups is 6. The molecule has 0 aromatic heterocycles. The number of fused-ring (bicyclic) bond motifs is 5. The van der Waals surface area contributed by atoms with E-state index in [1.165, 1.54) is 0 Å². The van der Waals surface area contributed by atoms with Crippen LogP contribution in [0.4, 0.5) is 4.79 Å². The van der Waals surface area contributed by atoms with Crippen LogP contribution in [0.5, 0.6) is 0 Å². The summed E-state index contributed by atoms with van der Waals surface area (Å²) in [6.07, 6.45) is 5.37. The van der Waals surface area contributed by atoms with E-state index in [9.17, 15) is 33.9 Å². The van der Waals surface area contributed by atoms with E-state index in [0.29, 0.717) is 51.5 Å². The second-order valence-electron chi connectivity index (χ2n) is 16.6. The van der Waals surface area contributed by atoms with E-state index in [4.69, 9.17) is 15.2 Å². The highest BCUT2D eigenvalue weighted by molar-refractivity contribution is 5.95. The van der Waals surface area contributed by atoms with Crippen LogP contribution < -0.4 is 16.4 Å². The highest BCUT2D eigenvalue weighted by Crippen LogP contribution is 2.66. The number of benzene rings is 2. The third kappa shape index (κ3) is 8.37. The summed E-state index contributed by atoms with van der Waals surface area (Å²) in [4.78, 5) is 80.6. The predicted molar refractivity (Wildman–Crippen MR) is 207 cm³/mol. The fourth-order valence-electron chi connectivity index (χ4n) is 10.1. The number of hydrogen-bond acceptors (Lipinski definition) is 10. The van der Waals surface area contributed by atoms with Gasteiger partial charge in [-0.05, 0) is 79.9 Å². The number of alkyl carbamates (subject to hydrolysis) is 1. The number of allylic oxidation sites excluding steroid dienone is 2. The Morgan fingerprint density at radius 2 is 1.61 bits per heavy atom. The van der Waals surface area contributed by atoms with Gasteiger partial charge in [-0.1, -0.05) is 86.2 Å². The van der Waals surface area contributed by atoms with Gasteiger partial charge < -0.3 is 30.9 Å². The van der Waals surface area contributed by atoms with Crippen LogP contribution in [0.15, 0.2) is 72.3 Å². The number of ether oxygens (including phenoxy) is 2. The maximum atomic E-state index is 14.0. The second kappa shape index (κ2) is 17.2. The van der Waals surface area contributed by atoms with Crippen molar-refractivity contribution in [1.82, 2.24) is 10.6 Å². The zero-order valence-corrected chi connectivity index (χ0v) is 32.4. The molecule has 2 aromatic carbocycles. The molecule has 0 bridgehead atoms. The third-order valence-corrected chi connectivity index (χ3v) is 13.2. The number of Topliss-reactive ketones (excluding diaryl/α,β-unsaturated/α-hetero) is 3. The number of hydrogen-bond donors (Lipinski definition) is 4. The average Bonchev–Trinajstić information content (AvgIpc) is 3.46. The predicted octanol–water partition coefficient (Wildman–Crippen LogP) is 4.69. The van der Waals surface area contributed by atoms with Crippen LogP contribution in [-0.2, 0) is 46.5 Å². The molecule has 4 unspecified atom stereocenters. The number of nitrogens with one attached hydrogen (secondary N) is 2. The van der Waals surface area contributed by atoms with Crippen LogP contribution in [-0.4, -0.2) is 71.3 Å². The lowest BCUT2D eigenvalue weighted by molar-refractivity contribution is -0.173. The number of ketones is 3. The largest absolute Gasteiger partial charge is 0.456 e. The number of rotatable bonds is 15. The highest BCUT2D eigenvalue weighted by atomic mass is 16.5. The molecule has 0 spiro atoms. The van der Waals surface area contributed by atoms with Crippen LogP contribution in [0.3, 0.4) is 0 Å². The van der Waals surface area contributed by atoms with Gasteiger partial charge in [0.15, 0.2) is 6.61 Å². The number of unbranched alkanes of at least 4 members (excludes halogenated alkanes) is 1. The van der Waals surface area contributed by atoms with Gasteiger partial charge in [-0.25, -0.2) is 9.59 Å². The minimum absolute atomic E-state index is 0.00448. The lowest BCUT2D eigenvalue weighted by atomic mass is 9.46. The molecule has 56 heavy (non-hydrogen) atoms. The van der Waals surface area contributed by atoms with Gasteiger partial charge in [0.25, 0.3) is 0 Å². The Morgan fingerprint density at radius 1 is 0.911 bits per heavy atom. The van der Waals surface area contributed by atoms with Gasteiger partial charge in [0.2, 0.25) is 11.7 Å². The number of amides is 2. The Bertz CT molecular complexity index is 1830. The third-order valence-electron chi connectivity index (χ3n) is 13.2. The number of nitrogens with two attached hydrogens (primary N) is 1. The van der Waals surface area contributed by atoms with Crippen molar-refractivity contribution in [3.63, 3.8) is 0 Å². The van der Waals surface area contributed by atoms with Crippen molar-refractivity contribution in [2.45, 2.75) is 109 Å². The minimum Gasteiger partial charge on any atom is -0.456 e. The van der Waals surface area contributed by atoms with Crippen molar-refractivity contribution in [2.24, 2.45) is 34.3 Å². The van der Waals surface area contributed by atoms with E-state index < -0.39 is 58.9 Å². The standard InChI is InChI=1S/C44H55N3O9/c1-42-20-18-31(48)24-30(42)16-17-32-33-19-21-44(54,43(33,2)25-36(49)38(32)42)37(50)27-55-40(52)34(15-9-10-22-45)46-39(51)35(23-28-11-5-3-6-12-28)47-41(53)56-26-29-13-7-4-8-14-29/h3-8,11-14,16,32-35,38,54H,9-10,15,17-27,45H2,1-2H3,(H,46,51)(H,47,53)/t32?,33?,34-,35?,38?,42-,43-,44-/m0/s1. The van der Waals surface area contributed by atoms with Gasteiger partial charge in [0.1, 0.15) is 35.9 Å². The van der Waals surface area contributed by atoms with E-state index in [1.807, 2.05) is 67.6 Å². The Morgan fingerprint density at radius 3 is 2.30 bits per heavy atom. The van der Waals surface area contributed by atoms with Crippen molar-refractivity contribution in [1.29, 1.82) is 0 Å². The molecule has 2 aromatic rings. The molecule has 8 atom stereocenters. The van der Waals surface area contributed by atoms with E-state index in [-0.39, 0.29) is 61.6 Å². The van der Waals surface area contributed by atoms with Crippen molar-refractivity contribution < 1.29 is 43.3 Å². The first-order chi connectivity index (χ1) is 26.8. The molecule has 0 aliphatic heterocycles. The summed E-state index contributed by atoms with van der Waals surface area (Å²) >= 11 is 0. The monoisotopic (exact) mass is 769 g/mol. The lowest BCUT2D eigenvalue weighted by Crippen LogP contribution is -2.61. The fourth-order valence-corrected chi connectivity index (χ4v) is 10.1. The molecular formula is C44H55N3O9. The molecule has 5 N–H and O–H groups in total. The Hall–Kier alpha value is -4.68. The van der Waals surface area contributed by atoms with Crippen molar-refractivity contribution in [2.75, 3.05) is 13.2 Å². The van der Waals surface area contributed by atoms with Crippen LogP contribution in [0.25, 0.3) is 0 Å². The summed E-state index contributed by atoms with van der Waals surface area (Å²) in [5.74, 6) is -2.44. The van der Waals surface area contributed by atoms with Gasteiger partial charge in [-0.2, -0.15) is 0 Å². The topological polar surface area (TPSA) is 191 Å². The van der Waals surface area contributed by atoms with Gasteiger partial charge >= 0.3 is 12.1 Å². The lowest BCUT2D eigenvalue weighted by Gasteiger charge is -2.57. The maximum absolute atomic E-state index is 14.0. The summed E-state index contributed by atoms with van der Waals surface area (Å²) in [6.45, 7) is 3.53. The quantitative estimate of drug-likeness (QED) is 0.112. The molecule has 12 heteroatoms. The molecule has 4 aliphatic rings. The van der Waals surface area contributed by atoms with Crippen LogP contribution in [0.2, 0.25) is 0 Å². The second-order valence-corrected chi connectivity index (χ2v) is 16.6. The average molecular weight is 770 g/mol. The van der Waals surface area contributed by atoms with E-state index >= 15 is 0 Å². The van der Waals surface area contributed by atoms with Gasteiger partial charge in [-0.15, -0.1) is 0 Å².